The van der Waals surface area contributed by atoms with Gasteiger partial charge in [0.25, 0.3) is 0 Å². The van der Waals surface area contributed by atoms with Crippen molar-refractivity contribution in [1.82, 2.24) is 0 Å². The average Bonchev–Trinajstić information content (AvgIpc) is 3.05. The second-order valence-electron chi connectivity index (χ2n) is 14.4. The number of hydrogen-bond acceptors (Lipinski definition) is 2. The Hall–Kier alpha value is -0.630. The first-order valence-electron chi connectivity index (χ1n) is 14.3. The molecule has 0 spiro atoms. The predicted octanol–water partition coefficient (Wildman–Crippen LogP) is 8.39. The summed E-state index contributed by atoms with van der Waals surface area (Å²) < 4.78 is 6.36. The third kappa shape index (κ3) is 4.76. The van der Waals surface area contributed by atoms with Gasteiger partial charge in [-0.1, -0.05) is 59.5 Å². The average molecular weight is 457 g/mol. The summed E-state index contributed by atoms with van der Waals surface area (Å²) in [4.78, 5) is 13.7. The molecular weight excluding hydrogens is 404 g/mol. The fourth-order valence-electron chi connectivity index (χ4n) is 8.99. The summed E-state index contributed by atoms with van der Waals surface area (Å²) in [6.07, 6.45) is 14.9. The Labute approximate surface area is 204 Å². The van der Waals surface area contributed by atoms with Crippen LogP contribution in [-0.4, -0.2) is 17.5 Å². The summed E-state index contributed by atoms with van der Waals surface area (Å²) in [6, 6.07) is 0. The van der Waals surface area contributed by atoms with Gasteiger partial charge in [0.05, 0.1) is 11.7 Å². The lowest BCUT2D eigenvalue weighted by atomic mass is 9.46. The minimum Gasteiger partial charge on any atom is -0.372 e. The minimum absolute atomic E-state index is 0.114. The Balaban J connectivity index is 1.51. The summed E-state index contributed by atoms with van der Waals surface area (Å²) in [5, 5.41) is 0. The lowest BCUT2D eigenvalue weighted by Crippen LogP contribution is -2.54. The maximum absolute atomic E-state index is 13.7. The van der Waals surface area contributed by atoms with E-state index < -0.39 is 0 Å². The van der Waals surface area contributed by atoms with Gasteiger partial charge in [-0.15, -0.1) is 0 Å². The van der Waals surface area contributed by atoms with E-state index in [9.17, 15) is 4.79 Å². The molecule has 4 rings (SSSR count). The van der Waals surface area contributed by atoms with Gasteiger partial charge in [0, 0.05) is 5.92 Å². The van der Waals surface area contributed by atoms with E-state index in [1.54, 1.807) is 0 Å². The Morgan fingerprint density at radius 3 is 2.39 bits per heavy atom. The van der Waals surface area contributed by atoms with Crippen LogP contribution in [0.3, 0.4) is 0 Å². The fourth-order valence-corrected chi connectivity index (χ4v) is 8.99. The Kier molecular flexibility index (Phi) is 7.03. The molecular formula is C31H52O2. The van der Waals surface area contributed by atoms with Gasteiger partial charge in [-0.3, -0.25) is 4.79 Å². The van der Waals surface area contributed by atoms with Crippen molar-refractivity contribution in [3.8, 4) is 0 Å². The van der Waals surface area contributed by atoms with Crippen molar-refractivity contribution < 1.29 is 9.53 Å². The summed E-state index contributed by atoms with van der Waals surface area (Å²) in [5.74, 6) is 4.29. The minimum atomic E-state index is -0.114. The van der Waals surface area contributed by atoms with E-state index in [1.165, 1.54) is 56.9 Å². The highest BCUT2D eigenvalue weighted by Crippen LogP contribution is 2.66. The molecule has 0 N–H and O–H groups in total. The summed E-state index contributed by atoms with van der Waals surface area (Å²) in [6.45, 7) is 18.7. The number of fused-ring (bicyclic) bond motifs is 5. The third-order valence-corrected chi connectivity index (χ3v) is 10.6. The molecule has 0 saturated heterocycles. The van der Waals surface area contributed by atoms with Crippen molar-refractivity contribution in [3.05, 3.63) is 11.6 Å². The van der Waals surface area contributed by atoms with Crippen LogP contribution in [0.25, 0.3) is 0 Å². The molecule has 0 aromatic rings. The summed E-state index contributed by atoms with van der Waals surface area (Å²) in [5.41, 5.74) is 1.87. The molecule has 33 heavy (non-hydrogen) atoms. The maximum atomic E-state index is 13.7. The van der Waals surface area contributed by atoms with E-state index in [0.717, 1.165) is 30.6 Å². The number of hydrogen-bond donors (Lipinski definition) is 0. The quantitative estimate of drug-likeness (QED) is 0.401. The standard InChI is InChI=1S/C31H52O2/c1-20(2)10-9-11-21(3)24-12-13-25-28-26(15-17-31(24,25)8)30(7)16-14-23(33-29(4,5)6)18-22(30)19-27(28)32/h19-21,23-26,28H,9-18H2,1-8H3/t21-,23+,24-,25-,26+,28-,30+,31-/m1/s1. The van der Waals surface area contributed by atoms with Gasteiger partial charge in [0.1, 0.15) is 0 Å². The van der Waals surface area contributed by atoms with Crippen molar-refractivity contribution in [2.45, 2.75) is 131 Å². The molecule has 3 saturated carbocycles. The molecule has 0 bridgehead atoms. The Morgan fingerprint density at radius 2 is 1.73 bits per heavy atom. The van der Waals surface area contributed by atoms with E-state index in [0.29, 0.717) is 23.0 Å². The fraction of sp³-hybridized carbons (Fsp3) is 0.903. The van der Waals surface area contributed by atoms with Gasteiger partial charge in [-0.25, -0.2) is 0 Å². The molecule has 0 aromatic carbocycles. The molecule has 8 atom stereocenters. The van der Waals surface area contributed by atoms with E-state index in [2.05, 4.69) is 61.5 Å². The number of ketones is 1. The van der Waals surface area contributed by atoms with Crippen LogP contribution in [0.5, 0.6) is 0 Å². The maximum Gasteiger partial charge on any atom is 0.159 e. The summed E-state index contributed by atoms with van der Waals surface area (Å²) in [7, 11) is 0. The lowest BCUT2D eigenvalue weighted by Gasteiger charge is -2.58. The second-order valence-corrected chi connectivity index (χ2v) is 14.4. The highest BCUT2D eigenvalue weighted by Gasteiger charge is 2.61. The highest BCUT2D eigenvalue weighted by atomic mass is 16.5. The first kappa shape index (κ1) is 25.5. The smallest absolute Gasteiger partial charge is 0.159 e. The number of carbonyl (C=O) groups is 1. The monoisotopic (exact) mass is 456 g/mol. The SMILES string of the molecule is CC(C)CCC[C@@H](C)[C@H]1CC[C@@H]2[C@H]3C(=O)C=C4C[C@@H](OC(C)(C)C)CC[C@]4(C)[C@H]3CC[C@@]21C. The summed E-state index contributed by atoms with van der Waals surface area (Å²) >= 11 is 0. The third-order valence-electron chi connectivity index (χ3n) is 10.6. The van der Waals surface area contributed by atoms with E-state index in [1.807, 2.05) is 0 Å². The van der Waals surface area contributed by atoms with Crippen LogP contribution in [-0.2, 0) is 9.53 Å². The largest absolute Gasteiger partial charge is 0.372 e. The molecule has 2 nitrogen and oxygen atoms in total. The number of allylic oxidation sites excluding steroid dienone is 1. The zero-order valence-corrected chi connectivity index (χ0v) is 23.0. The zero-order chi connectivity index (χ0) is 24.2. The number of carbonyl (C=O) groups excluding carboxylic acids is 1. The van der Waals surface area contributed by atoms with Crippen molar-refractivity contribution >= 4 is 5.78 Å². The molecule has 3 fully saturated rings. The molecule has 2 heteroatoms. The molecule has 0 heterocycles. The van der Waals surface area contributed by atoms with Crippen LogP contribution in [0.1, 0.15) is 120 Å². The van der Waals surface area contributed by atoms with Crippen LogP contribution in [0, 0.1) is 46.3 Å². The molecule has 0 aromatic heterocycles. The Morgan fingerprint density at radius 1 is 1.00 bits per heavy atom. The predicted molar refractivity (Wildman–Crippen MR) is 138 cm³/mol. The van der Waals surface area contributed by atoms with Crippen molar-refractivity contribution in [2.24, 2.45) is 46.3 Å². The number of ether oxygens (including phenoxy) is 1. The van der Waals surface area contributed by atoms with E-state index in [-0.39, 0.29) is 23.0 Å². The zero-order valence-electron chi connectivity index (χ0n) is 23.0. The molecule has 0 amide bonds. The van der Waals surface area contributed by atoms with Gasteiger partial charge in [0.15, 0.2) is 5.78 Å². The number of rotatable bonds is 6. The first-order chi connectivity index (χ1) is 15.3. The normalized spacial score (nSPS) is 41.9. The van der Waals surface area contributed by atoms with Gasteiger partial charge < -0.3 is 4.74 Å². The van der Waals surface area contributed by atoms with Crippen LogP contribution in [0.2, 0.25) is 0 Å². The molecule has 0 aliphatic heterocycles. The second kappa shape index (κ2) is 9.11. The van der Waals surface area contributed by atoms with E-state index in [4.69, 9.17) is 4.74 Å². The Bertz CT molecular complexity index is 757. The molecule has 0 unspecified atom stereocenters. The van der Waals surface area contributed by atoms with Gasteiger partial charge in [-0.2, -0.15) is 0 Å². The van der Waals surface area contributed by atoms with Crippen molar-refractivity contribution in [1.29, 1.82) is 0 Å². The first-order valence-corrected chi connectivity index (χ1v) is 14.3. The van der Waals surface area contributed by atoms with Crippen LogP contribution < -0.4 is 0 Å². The van der Waals surface area contributed by atoms with Gasteiger partial charge in [0.2, 0.25) is 0 Å². The topological polar surface area (TPSA) is 26.3 Å². The van der Waals surface area contributed by atoms with Gasteiger partial charge >= 0.3 is 0 Å². The molecule has 4 aliphatic rings. The molecule has 4 aliphatic carbocycles. The van der Waals surface area contributed by atoms with Crippen LogP contribution in [0.4, 0.5) is 0 Å². The highest BCUT2D eigenvalue weighted by molar-refractivity contribution is 5.94. The van der Waals surface area contributed by atoms with Crippen molar-refractivity contribution in [2.75, 3.05) is 0 Å². The van der Waals surface area contributed by atoms with Crippen molar-refractivity contribution in [3.63, 3.8) is 0 Å². The molecule has 0 radical (unpaired) electrons. The lowest BCUT2D eigenvalue weighted by molar-refractivity contribution is -0.137. The van der Waals surface area contributed by atoms with Crippen LogP contribution in [0.15, 0.2) is 11.6 Å². The van der Waals surface area contributed by atoms with Gasteiger partial charge in [-0.05, 0) is 112 Å². The van der Waals surface area contributed by atoms with E-state index >= 15 is 0 Å². The molecule has 188 valence electrons. The van der Waals surface area contributed by atoms with Crippen LogP contribution >= 0.6 is 0 Å².